The van der Waals surface area contributed by atoms with E-state index in [4.69, 9.17) is 18.9 Å². The molecule has 6 aromatic carbocycles. The SMILES string of the molecule is CC(S)C(=O)OCCCOc1cccc2c(C3(c4cccc5c(OCCCOC(=O)C(C)S)cccc45)c4ccccc4-c4ccccc43)cccc12. The molecule has 2 atom stereocenters. The van der Waals surface area contributed by atoms with Crippen molar-refractivity contribution in [3.63, 3.8) is 0 Å². The Bertz CT molecular complexity index is 2120. The van der Waals surface area contributed by atoms with Gasteiger partial charge in [0.15, 0.2) is 0 Å². The number of carbonyl (C=O) groups excluding carboxylic acids is 2. The largest absolute Gasteiger partial charge is 0.493 e. The molecule has 53 heavy (non-hydrogen) atoms. The number of benzene rings is 6. The summed E-state index contributed by atoms with van der Waals surface area (Å²) in [5.41, 5.74) is 6.43. The van der Waals surface area contributed by atoms with Crippen molar-refractivity contribution >= 4 is 58.7 Å². The maximum Gasteiger partial charge on any atom is 0.318 e. The van der Waals surface area contributed by atoms with Crippen LogP contribution in [-0.4, -0.2) is 48.9 Å². The maximum absolute atomic E-state index is 11.9. The summed E-state index contributed by atoms with van der Waals surface area (Å²) in [6.07, 6.45) is 1.13. The van der Waals surface area contributed by atoms with Crippen LogP contribution in [0.15, 0.2) is 121 Å². The van der Waals surface area contributed by atoms with E-state index in [0.717, 1.165) is 44.2 Å². The van der Waals surface area contributed by atoms with Gasteiger partial charge >= 0.3 is 11.9 Å². The van der Waals surface area contributed by atoms with Crippen LogP contribution in [0.5, 0.6) is 11.5 Å². The lowest BCUT2D eigenvalue weighted by molar-refractivity contribution is -0.143. The van der Waals surface area contributed by atoms with E-state index >= 15 is 0 Å². The van der Waals surface area contributed by atoms with Crippen molar-refractivity contribution in [3.8, 4) is 22.6 Å². The van der Waals surface area contributed by atoms with Crippen LogP contribution in [0.4, 0.5) is 0 Å². The van der Waals surface area contributed by atoms with E-state index in [-0.39, 0.29) is 25.2 Å². The predicted molar refractivity (Wildman–Crippen MR) is 218 cm³/mol. The molecule has 8 heteroatoms. The predicted octanol–water partition coefficient (Wildman–Crippen LogP) is 9.62. The van der Waals surface area contributed by atoms with E-state index in [1.54, 1.807) is 13.8 Å². The molecule has 0 aliphatic heterocycles. The number of hydrogen-bond acceptors (Lipinski definition) is 8. The Morgan fingerprint density at radius 1 is 0.491 bits per heavy atom. The molecule has 0 N–H and O–H groups in total. The molecule has 0 amide bonds. The first kappa shape index (κ1) is 36.4. The zero-order valence-electron chi connectivity index (χ0n) is 29.8. The summed E-state index contributed by atoms with van der Waals surface area (Å²) in [4.78, 5) is 23.8. The first-order valence-corrected chi connectivity index (χ1v) is 19.0. The summed E-state index contributed by atoms with van der Waals surface area (Å²) < 4.78 is 23.4. The van der Waals surface area contributed by atoms with E-state index in [2.05, 4.69) is 122 Å². The number of fused-ring (bicyclic) bond motifs is 5. The summed E-state index contributed by atoms with van der Waals surface area (Å²) >= 11 is 8.32. The summed E-state index contributed by atoms with van der Waals surface area (Å²) in [6.45, 7) is 4.74. The van der Waals surface area contributed by atoms with Crippen LogP contribution >= 0.6 is 25.3 Å². The van der Waals surface area contributed by atoms with Crippen molar-refractivity contribution in [2.75, 3.05) is 26.4 Å². The van der Waals surface area contributed by atoms with Crippen molar-refractivity contribution in [3.05, 3.63) is 144 Å². The highest BCUT2D eigenvalue weighted by molar-refractivity contribution is 7.82. The van der Waals surface area contributed by atoms with Crippen LogP contribution in [0, 0.1) is 0 Å². The minimum atomic E-state index is -0.682. The average Bonchev–Trinajstić information content (AvgIpc) is 3.47. The molecule has 7 rings (SSSR count). The standard InChI is InChI=1S/C45H42O6S2/c1-29(52)43(46)50-27-11-25-48-41-23-9-15-33-35(41)17-7-21-39(33)45(37-19-5-3-13-31(37)32-14-4-6-20-38(32)45)40-22-8-18-36-34(40)16-10-24-42(36)49-26-12-28-51-44(47)30(2)53/h3-10,13-24,29-30,52-53H,11-12,25-28H2,1-2H3. The average molecular weight is 743 g/mol. The second-order valence-electron chi connectivity index (χ2n) is 13.2. The van der Waals surface area contributed by atoms with Crippen molar-refractivity contribution < 1.29 is 28.5 Å². The number of hydrogen-bond donors (Lipinski definition) is 2. The molecular formula is C45H42O6S2. The van der Waals surface area contributed by atoms with Crippen molar-refractivity contribution in [1.29, 1.82) is 0 Å². The minimum Gasteiger partial charge on any atom is -0.493 e. The van der Waals surface area contributed by atoms with Gasteiger partial charge in [0, 0.05) is 23.6 Å². The number of thiol groups is 2. The molecular weight excluding hydrogens is 701 g/mol. The third-order valence-electron chi connectivity index (χ3n) is 9.79. The Morgan fingerprint density at radius 2 is 0.868 bits per heavy atom. The molecule has 6 nitrogen and oxygen atoms in total. The maximum atomic E-state index is 11.9. The highest BCUT2D eigenvalue weighted by Gasteiger charge is 2.47. The van der Waals surface area contributed by atoms with Gasteiger partial charge in [-0.1, -0.05) is 109 Å². The number of rotatable bonds is 14. The first-order valence-electron chi connectivity index (χ1n) is 18.0. The highest BCUT2D eigenvalue weighted by atomic mass is 32.1. The smallest absolute Gasteiger partial charge is 0.318 e. The van der Waals surface area contributed by atoms with E-state index in [1.807, 2.05) is 24.3 Å². The van der Waals surface area contributed by atoms with Crippen LogP contribution in [0.1, 0.15) is 48.9 Å². The topological polar surface area (TPSA) is 71.1 Å². The van der Waals surface area contributed by atoms with E-state index < -0.39 is 15.9 Å². The summed E-state index contributed by atoms with van der Waals surface area (Å²) in [5.74, 6) is 0.881. The second kappa shape index (κ2) is 16.0. The molecule has 0 aromatic heterocycles. The number of esters is 2. The van der Waals surface area contributed by atoms with Crippen LogP contribution in [0.3, 0.4) is 0 Å². The Hall–Kier alpha value is -4.92. The van der Waals surface area contributed by atoms with Gasteiger partial charge in [-0.3, -0.25) is 9.59 Å². The number of ether oxygens (including phenoxy) is 4. The van der Waals surface area contributed by atoms with Gasteiger partial charge in [0.05, 0.1) is 42.3 Å². The highest BCUT2D eigenvalue weighted by Crippen LogP contribution is 2.58. The van der Waals surface area contributed by atoms with Crippen LogP contribution < -0.4 is 9.47 Å². The van der Waals surface area contributed by atoms with Crippen molar-refractivity contribution in [2.45, 2.75) is 42.6 Å². The van der Waals surface area contributed by atoms with Gasteiger partial charge in [0.2, 0.25) is 0 Å². The Kier molecular flexibility index (Phi) is 11.0. The monoisotopic (exact) mass is 742 g/mol. The van der Waals surface area contributed by atoms with Gasteiger partial charge in [0.25, 0.3) is 0 Å². The first-order chi connectivity index (χ1) is 25.8. The lowest BCUT2D eigenvalue weighted by Crippen LogP contribution is -2.29. The summed E-state index contributed by atoms with van der Waals surface area (Å²) in [6, 6.07) is 42.8. The fourth-order valence-corrected chi connectivity index (χ4v) is 7.65. The molecule has 0 heterocycles. The van der Waals surface area contributed by atoms with E-state index in [1.165, 1.54) is 22.3 Å². The fraction of sp³-hybridized carbons (Fsp3) is 0.244. The van der Waals surface area contributed by atoms with Gasteiger partial charge in [0.1, 0.15) is 11.5 Å². The zero-order chi connectivity index (χ0) is 37.0. The third kappa shape index (κ3) is 6.98. The van der Waals surface area contributed by atoms with Gasteiger partial charge < -0.3 is 18.9 Å². The molecule has 0 saturated heterocycles. The lowest BCUT2D eigenvalue weighted by Gasteiger charge is -2.36. The zero-order valence-corrected chi connectivity index (χ0v) is 31.6. The minimum absolute atomic E-state index is 0.270. The fourth-order valence-electron chi connectivity index (χ4n) is 7.50. The third-order valence-corrected chi connectivity index (χ3v) is 10.2. The molecule has 0 spiro atoms. The van der Waals surface area contributed by atoms with Gasteiger partial charge in [-0.15, -0.1) is 0 Å². The second-order valence-corrected chi connectivity index (χ2v) is 14.8. The van der Waals surface area contributed by atoms with Crippen LogP contribution in [0.2, 0.25) is 0 Å². The molecule has 0 radical (unpaired) electrons. The summed E-state index contributed by atoms with van der Waals surface area (Å²) in [7, 11) is 0. The Labute approximate surface area is 321 Å². The van der Waals surface area contributed by atoms with E-state index in [9.17, 15) is 9.59 Å². The van der Waals surface area contributed by atoms with Gasteiger partial charge in [-0.25, -0.2) is 0 Å². The Morgan fingerprint density at radius 3 is 1.30 bits per heavy atom. The molecule has 6 aromatic rings. The molecule has 270 valence electrons. The molecule has 1 aliphatic carbocycles. The van der Waals surface area contributed by atoms with Crippen molar-refractivity contribution in [2.24, 2.45) is 0 Å². The quantitative estimate of drug-likeness (QED) is 0.0658. The molecule has 1 aliphatic rings. The summed E-state index contributed by atoms with van der Waals surface area (Å²) in [5, 5.41) is 3.25. The lowest BCUT2D eigenvalue weighted by atomic mass is 9.65. The molecule has 0 fully saturated rings. The van der Waals surface area contributed by atoms with Crippen molar-refractivity contribution in [1.82, 2.24) is 0 Å². The normalized spacial score (nSPS) is 13.9. The van der Waals surface area contributed by atoms with Gasteiger partial charge in [-0.2, -0.15) is 25.3 Å². The van der Waals surface area contributed by atoms with Crippen LogP contribution in [-0.2, 0) is 24.5 Å². The molecule has 0 saturated carbocycles. The molecule has 2 unspecified atom stereocenters. The Balaban J connectivity index is 1.33. The molecule has 0 bridgehead atoms. The van der Waals surface area contributed by atoms with Gasteiger partial charge in [-0.05, 0) is 70.1 Å². The number of carbonyl (C=O) groups is 2. The van der Waals surface area contributed by atoms with E-state index in [0.29, 0.717) is 26.1 Å². The van der Waals surface area contributed by atoms with Crippen LogP contribution in [0.25, 0.3) is 32.7 Å².